The Morgan fingerprint density at radius 3 is 1.55 bits per heavy atom. The lowest BCUT2D eigenvalue weighted by molar-refractivity contribution is 0.174. The third kappa shape index (κ3) is 0.536. The zero-order chi connectivity index (χ0) is 7.91. The summed E-state index contributed by atoms with van der Waals surface area (Å²) >= 11 is 0. The van der Waals surface area contributed by atoms with Crippen LogP contribution < -0.4 is 0 Å². The maximum atomic E-state index is 9.46. The van der Waals surface area contributed by atoms with Gasteiger partial charge in [0, 0.05) is 0 Å². The average Bonchev–Trinajstić information content (AvgIpc) is 2.58. The van der Waals surface area contributed by atoms with Gasteiger partial charge in [0.1, 0.15) is 0 Å². The zero-order valence-electron chi connectivity index (χ0n) is 6.51. The summed E-state index contributed by atoms with van der Waals surface area (Å²) in [5, 5.41) is 8.07. The highest BCUT2D eigenvalue weighted by Crippen LogP contribution is 2.93. The van der Waals surface area contributed by atoms with Gasteiger partial charge in [-0.2, -0.15) is 0 Å². The van der Waals surface area contributed by atoms with Crippen LogP contribution in [-0.2, 0) is 0 Å². The summed E-state index contributed by atoms with van der Waals surface area (Å²) < 4.78 is 0. The van der Waals surface area contributed by atoms with Gasteiger partial charge in [-0.3, -0.25) is 0 Å². The van der Waals surface area contributed by atoms with Crippen LogP contribution in [0.3, 0.4) is 0 Å². The van der Waals surface area contributed by atoms with E-state index in [0.29, 0.717) is 10.8 Å². The number of rotatable bonds is 1. The predicted octanol–water partition coefficient (Wildman–Crippen LogP) is 0.160. The Morgan fingerprint density at radius 1 is 1.09 bits per heavy atom. The normalized spacial score (nSPS) is 41.0. The van der Waals surface area contributed by atoms with Crippen molar-refractivity contribution < 1.29 is 5.11 Å². The zero-order valence-corrected chi connectivity index (χ0v) is 6.51. The van der Waals surface area contributed by atoms with Gasteiger partial charge in [-0.25, -0.2) is 0 Å². The third-order valence-corrected chi connectivity index (χ3v) is 4.05. The molecule has 0 aliphatic heterocycles. The molecule has 2 spiro atoms. The topological polar surface area (TPSA) is 20.2 Å². The number of aliphatic hydroxyl groups is 1. The molecule has 3 heteroatoms. The fraction of sp³-hybridized carbons (Fsp3) is 1.00. The molecule has 3 aliphatic carbocycles. The fourth-order valence-electron chi connectivity index (χ4n) is 3.47. The number of hydrogen-bond donors (Lipinski definition) is 1. The van der Waals surface area contributed by atoms with Crippen molar-refractivity contribution in [2.24, 2.45) is 16.7 Å². The van der Waals surface area contributed by atoms with Crippen LogP contribution in [0.25, 0.3) is 0 Å². The van der Waals surface area contributed by atoms with Gasteiger partial charge in [0.05, 0.1) is 15.7 Å². The average molecular weight is 144 g/mol. The molecule has 0 amide bonds. The molecule has 0 saturated heterocycles. The van der Waals surface area contributed by atoms with E-state index in [2.05, 4.69) is 0 Å². The van der Waals surface area contributed by atoms with Gasteiger partial charge in [0.2, 0.25) is 0 Å². The second-order valence-corrected chi connectivity index (χ2v) is 4.63. The highest BCUT2D eigenvalue weighted by atomic mass is 16.3. The first-order valence-electron chi connectivity index (χ1n) is 4.33. The van der Waals surface area contributed by atoms with Crippen molar-refractivity contribution in [3.05, 3.63) is 0 Å². The first kappa shape index (κ1) is 6.59. The van der Waals surface area contributed by atoms with Crippen LogP contribution in [0.1, 0.15) is 25.7 Å². The lowest BCUT2D eigenvalue weighted by Crippen LogP contribution is -2.33. The lowest BCUT2D eigenvalue weighted by atomic mass is 9.61. The fourth-order valence-corrected chi connectivity index (χ4v) is 3.47. The molecule has 1 N–H and O–H groups in total. The molecule has 54 valence electrons. The molecule has 1 nitrogen and oxygen atoms in total. The number of hydrogen-bond acceptors (Lipinski definition) is 1. The molecule has 3 rings (SSSR count). The van der Waals surface area contributed by atoms with Crippen LogP contribution in [0.4, 0.5) is 0 Å². The molecule has 11 heavy (non-hydrogen) atoms. The third-order valence-electron chi connectivity index (χ3n) is 4.05. The van der Waals surface area contributed by atoms with Crippen LogP contribution in [0, 0.1) is 16.7 Å². The van der Waals surface area contributed by atoms with E-state index in [4.69, 9.17) is 15.7 Å². The summed E-state index contributed by atoms with van der Waals surface area (Å²) in [5.41, 5.74) is 0.816. The molecule has 0 aromatic heterocycles. The van der Waals surface area contributed by atoms with Crippen LogP contribution >= 0.6 is 0 Å². The minimum absolute atomic E-state index is 0.211. The van der Waals surface area contributed by atoms with E-state index in [1.54, 1.807) is 0 Å². The number of fused-ring (bicyclic) bond motifs is 1. The molecule has 0 bridgehead atoms. The van der Waals surface area contributed by atoms with E-state index in [-0.39, 0.29) is 5.92 Å². The molecule has 0 atom stereocenters. The SMILES string of the molecule is [B]C([B])(O)C1C2(CC2)C12CC2. The molecule has 0 heterocycles. The molecule has 0 aromatic rings. The minimum atomic E-state index is -1.40. The Hall–Kier alpha value is 0.0899. The van der Waals surface area contributed by atoms with Gasteiger partial charge in [0.25, 0.3) is 0 Å². The van der Waals surface area contributed by atoms with E-state index in [9.17, 15) is 5.11 Å². The van der Waals surface area contributed by atoms with Crippen LogP contribution in [0.15, 0.2) is 0 Å². The quantitative estimate of drug-likeness (QED) is 0.519. The van der Waals surface area contributed by atoms with Crippen molar-refractivity contribution in [1.82, 2.24) is 0 Å². The van der Waals surface area contributed by atoms with Crippen molar-refractivity contribution in [2.45, 2.75) is 31.1 Å². The van der Waals surface area contributed by atoms with Gasteiger partial charge in [-0.05, 0) is 47.8 Å². The molecule has 3 aliphatic rings. The first-order valence-corrected chi connectivity index (χ1v) is 4.33. The molecule has 3 fully saturated rings. The summed E-state index contributed by atoms with van der Waals surface area (Å²) in [6, 6.07) is 0. The maximum absolute atomic E-state index is 9.46. The second-order valence-electron chi connectivity index (χ2n) is 4.63. The van der Waals surface area contributed by atoms with Gasteiger partial charge in [0.15, 0.2) is 0 Å². The summed E-state index contributed by atoms with van der Waals surface area (Å²) in [7, 11) is 11.0. The monoisotopic (exact) mass is 144 g/mol. The molecule has 0 aromatic carbocycles. The summed E-state index contributed by atoms with van der Waals surface area (Å²) in [6.45, 7) is 0. The molecule has 4 radical (unpaired) electrons. The van der Waals surface area contributed by atoms with Gasteiger partial charge in [-0.15, -0.1) is 0 Å². The van der Waals surface area contributed by atoms with Gasteiger partial charge < -0.3 is 5.11 Å². The van der Waals surface area contributed by atoms with E-state index in [0.717, 1.165) is 0 Å². The largest absolute Gasteiger partial charge is 0.409 e. The van der Waals surface area contributed by atoms with Crippen molar-refractivity contribution in [3.8, 4) is 0 Å². The maximum Gasteiger partial charge on any atom is 0.0993 e. The highest BCUT2D eigenvalue weighted by Gasteiger charge is 2.88. The molecular formula is C8H10B2O. The Bertz CT molecular complexity index is 205. The predicted molar refractivity (Wildman–Crippen MR) is 43.3 cm³/mol. The lowest BCUT2D eigenvalue weighted by Gasteiger charge is -2.18. The van der Waals surface area contributed by atoms with Crippen molar-refractivity contribution in [3.63, 3.8) is 0 Å². The Balaban J connectivity index is 1.93. The van der Waals surface area contributed by atoms with Gasteiger partial charge >= 0.3 is 0 Å². The van der Waals surface area contributed by atoms with E-state index in [1.807, 2.05) is 0 Å². The standard InChI is InChI=1S/C8H10B2O/c9-8(10,11)5-6(1-2-6)7(5)3-4-7/h5,11H,1-4H2. The Morgan fingerprint density at radius 2 is 1.45 bits per heavy atom. The molecule has 3 saturated carbocycles. The first-order chi connectivity index (χ1) is 5.03. The summed E-state index contributed by atoms with van der Waals surface area (Å²) in [6.07, 6.45) is 4.98. The van der Waals surface area contributed by atoms with E-state index >= 15 is 0 Å². The smallest absolute Gasteiger partial charge is 0.0993 e. The van der Waals surface area contributed by atoms with Crippen molar-refractivity contribution in [2.75, 3.05) is 0 Å². The summed E-state index contributed by atoms with van der Waals surface area (Å²) in [5.74, 6) is 0.211. The van der Waals surface area contributed by atoms with Crippen LogP contribution in [0.5, 0.6) is 0 Å². The Labute approximate surface area is 69.4 Å². The van der Waals surface area contributed by atoms with E-state index < -0.39 is 5.40 Å². The van der Waals surface area contributed by atoms with Crippen molar-refractivity contribution >= 4 is 15.7 Å². The highest BCUT2D eigenvalue weighted by molar-refractivity contribution is 6.39. The van der Waals surface area contributed by atoms with E-state index in [1.165, 1.54) is 25.7 Å². The molecule has 0 unspecified atom stereocenters. The Kier molecular flexibility index (Phi) is 0.793. The summed E-state index contributed by atoms with van der Waals surface area (Å²) in [4.78, 5) is 0. The van der Waals surface area contributed by atoms with Crippen LogP contribution in [0.2, 0.25) is 0 Å². The molecular weight excluding hydrogens is 134 g/mol. The van der Waals surface area contributed by atoms with Crippen molar-refractivity contribution in [1.29, 1.82) is 0 Å². The second kappa shape index (κ2) is 1.32. The van der Waals surface area contributed by atoms with Crippen LogP contribution in [-0.4, -0.2) is 26.2 Å². The minimum Gasteiger partial charge on any atom is -0.409 e. The van der Waals surface area contributed by atoms with Gasteiger partial charge in [-0.1, -0.05) is 0 Å².